The van der Waals surface area contributed by atoms with Crippen molar-refractivity contribution in [2.75, 3.05) is 31.6 Å². The molecule has 6 nitrogen and oxygen atoms in total. The Morgan fingerprint density at radius 1 is 1.17 bits per heavy atom. The number of amides is 1. The summed E-state index contributed by atoms with van der Waals surface area (Å²) < 4.78 is 9.82. The van der Waals surface area contributed by atoms with E-state index in [9.17, 15) is 4.79 Å². The van der Waals surface area contributed by atoms with Crippen molar-refractivity contribution in [1.82, 2.24) is 14.3 Å². The number of anilines is 1. The number of piperazine rings is 1. The molecule has 29 heavy (non-hydrogen) atoms. The third kappa shape index (κ3) is 4.40. The summed E-state index contributed by atoms with van der Waals surface area (Å²) in [6.07, 6.45) is 0.676. The van der Waals surface area contributed by atoms with Crippen LogP contribution in [0.15, 0.2) is 54.6 Å². The molecule has 0 bridgehead atoms. The largest absolute Gasteiger partial charge is 0.497 e. The van der Waals surface area contributed by atoms with Gasteiger partial charge in [-0.05, 0) is 36.8 Å². The molecule has 1 aliphatic heterocycles. The second kappa shape index (κ2) is 8.61. The molecule has 0 radical (unpaired) electrons. The fraction of sp³-hybridized carbons (Fsp3) is 0.318. The van der Waals surface area contributed by atoms with Crippen LogP contribution >= 0.6 is 11.5 Å². The number of carbonyl (C=O) groups is 1. The van der Waals surface area contributed by atoms with Crippen molar-refractivity contribution < 1.29 is 9.53 Å². The fourth-order valence-corrected chi connectivity index (χ4v) is 4.31. The summed E-state index contributed by atoms with van der Waals surface area (Å²) in [6.45, 7) is 4.29. The molecule has 1 fully saturated rings. The number of hydrogen-bond donors (Lipinski definition) is 0. The quantitative estimate of drug-likeness (QED) is 0.647. The maximum absolute atomic E-state index is 12.8. The van der Waals surface area contributed by atoms with Gasteiger partial charge in [-0.1, -0.05) is 30.3 Å². The average molecular weight is 409 g/mol. The first-order valence-corrected chi connectivity index (χ1v) is 10.5. The monoisotopic (exact) mass is 408 g/mol. The predicted molar refractivity (Wildman–Crippen MR) is 115 cm³/mol. The van der Waals surface area contributed by atoms with Crippen molar-refractivity contribution in [3.8, 4) is 5.75 Å². The van der Waals surface area contributed by atoms with Crippen molar-refractivity contribution in [3.05, 3.63) is 71.5 Å². The zero-order valence-electron chi connectivity index (χ0n) is 16.6. The summed E-state index contributed by atoms with van der Waals surface area (Å²) in [7, 11) is 1.67. The van der Waals surface area contributed by atoms with Gasteiger partial charge in [0.1, 0.15) is 11.6 Å². The Morgan fingerprint density at radius 2 is 2.00 bits per heavy atom. The van der Waals surface area contributed by atoms with Crippen molar-refractivity contribution >= 4 is 22.6 Å². The molecule has 2 heterocycles. The summed E-state index contributed by atoms with van der Waals surface area (Å²) in [5, 5.41) is 0.918. The van der Waals surface area contributed by atoms with Crippen molar-refractivity contribution in [2.45, 2.75) is 19.4 Å². The van der Waals surface area contributed by atoms with Gasteiger partial charge in [0.2, 0.25) is 5.13 Å². The molecule has 1 aliphatic rings. The van der Waals surface area contributed by atoms with Crippen LogP contribution in [0.3, 0.4) is 0 Å². The number of aromatic nitrogens is 2. The van der Waals surface area contributed by atoms with Crippen LogP contribution < -0.4 is 9.64 Å². The van der Waals surface area contributed by atoms with Crippen molar-refractivity contribution in [2.24, 2.45) is 0 Å². The Morgan fingerprint density at radius 3 is 2.76 bits per heavy atom. The van der Waals surface area contributed by atoms with Gasteiger partial charge in [0.05, 0.1) is 7.11 Å². The molecule has 150 valence electrons. The van der Waals surface area contributed by atoms with Gasteiger partial charge < -0.3 is 14.5 Å². The normalized spacial score (nSPS) is 16.7. The highest BCUT2D eigenvalue weighted by atomic mass is 32.1. The van der Waals surface area contributed by atoms with E-state index >= 15 is 0 Å². The van der Waals surface area contributed by atoms with Crippen LogP contribution in [0.25, 0.3) is 0 Å². The standard InChI is InChI=1S/C22H24N4O2S/c1-16-15-25(11-12-26(16)21(27)18-8-4-3-5-9-18)22-23-20(24-29-22)14-17-7-6-10-19(13-17)28-2/h3-10,13,16H,11-12,14-15H2,1-2H3. The fourth-order valence-electron chi connectivity index (χ4n) is 3.59. The molecule has 7 heteroatoms. The predicted octanol–water partition coefficient (Wildman–Crippen LogP) is 3.49. The summed E-state index contributed by atoms with van der Waals surface area (Å²) in [4.78, 5) is 21.7. The number of nitrogens with zero attached hydrogens (tertiary/aromatic N) is 4. The van der Waals surface area contributed by atoms with Gasteiger partial charge in [0.25, 0.3) is 5.91 Å². The summed E-state index contributed by atoms with van der Waals surface area (Å²) >= 11 is 1.42. The molecule has 1 amide bonds. The van der Waals surface area contributed by atoms with Gasteiger partial charge >= 0.3 is 0 Å². The van der Waals surface area contributed by atoms with E-state index in [0.717, 1.165) is 40.9 Å². The third-order valence-electron chi connectivity index (χ3n) is 5.13. The number of rotatable bonds is 5. The van der Waals surface area contributed by atoms with Gasteiger partial charge in [0, 0.05) is 49.2 Å². The number of ether oxygens (including phenoxy) is 1. The maximum atomic E-state index is 12.8. The van der Waals surface area contributed by atoms with Crippen LogP contribution in [0, 0.1) is 0 Å². The van der Waals surface area contributed by atoms with Crippen LogP contribution in [0.4, 0.5) is 5.13 Å². The lowest BCUT2D eigenvalue weighted by Gasteiger charge is -2.39. The Kier molecular flexibility index (Phi) is 5.76. The van der Waals surface area contributed by atoms with E-state index in [0.29, 0.717) is 13.0 Å². The molecule has 1 unspecified atom stereocenters. The van der Waals surface area contributed by atoms with Gasteiger partial charge in [-0.2, -0.15) is 4.37 Å². The molecular weight excluding hydrogens is 384 g/mol. The Bertz CT molecular complexity index is 976. The smallest absolute Gasteiger partial charge is 0.254 e. The van der Waals surface area contributed by atoms with E-state index in [1.54, 1.807) is 7.11 Å². The Balaban J connectivity index is 1.40. The molecule has 3 aromatic rings. The molecule has 1 saturated heterocycles. The Hall–Kier alpha value is -2.93. The van der Waals surface area contributed by atoms with E-state index < -0.39 is 0 Å². The van der Waals surface area contributed by atoms with Crippen LogP contribution in [0.2, 0.25) is 0 Å². The van der Waals surface area contributed by atoms with Crippen LogP contribution in [-0.2, 0) is 6.42 Å². The molecule has 0 spiro atoms. The lowest BCUT2D eigenvalue weighted by atomic mass is 10.1. The second-order valence-corrected chi connectivity index (χ2v) is 7.91. The number of hydrogen-bond acceptors (Lipinski definition) is 6. The molecule has 1 aromatic heterocycles. The summed E-state index contributed by atoms with van der Waals surface area (Å²) in [6, 6.07) is 17.6. The van der Waals surface area contributed by atoms with E-state index in [-0.39, 0.29) is 11.9 Å². The van der Waals surface area contributed by atoms with E-state index in [1.807, 2.05) is 53.4 Å². The lowest BCUT2D eigenvalue weighted by molar-refractivity contribution is 0.0674. The highest BCUT2D eigenvalue weighted by molar-refractivity contribution is 7.09. The van der Waals surface area contributed by atoms with Crippen LogP contribution in [0.1, 0.15) is 28.7 Å². The van der Waals surface area contributed by atoms with Crippen LogP contribution in [-0.4, -0.2) is 53.0 Å². The first-order chi connectivity index (χ1) is 14.1. The summed E-state index contributed by atoms with van der Waals surface area (Å²) in [5.41, 5.74) is 1.87. The van der Waals surface area contributed by atoms with Crippen LogP contribution in [0.5, 0.6) is 5.75 Å². The molecule has 0 N–H and O–H groups in total. The van der Waals surface area contributed by atoms with E-state index in [2.05, 4.69) is 22.3 Å². The highest BCUT2D eigenvalue weighted by Crippen LogP contribution is 2.24. The topological polar surface area (TPSA) is 58.6 Å². The van der Waals surface area contributed by atoms with Crippen molar-refractivity contribution in [1.29, 1.82) is 0 Å². The zero-order chi connectivity index (χ0) is 20.2. The minimum absolute atomic E-state index is 0.0914. The Labute approximate surface area is 174 Å². The molecular formula is C22H24N4O2S. The van der Waals surface area contributed by atoms with Gasteiger partial charge in [-0.3, -0.25) is 4.79 Å². The van der Waals surface area contributed by atoms with Crippen molar-refractivity contribution in [3.63, 3.8) is 0 Å². The molecule has 0 aliphatic carbocycles. The third-order valence-corrected chi connectivity index (χ3v) is 5.95. The first kappa shape index (κ1) is 19.4. The number of methoxy groups -OCH3 is 1. The molecule has 2 aromatic carbocycles. The molecule has 0 saturated carbocycles. The van der Waals surface area contributed by atoms with E-state index in [4.69, 9.17) is 9.72 Å². The number of carbonyl (C=O) groups excluding carboxylic acids is 1. The lowest BCUT2D eigenvalue weighted by Crippen LogP contribution is -2.54. The highest BCUT2D eigenvalue weighted by Gasteiger charge is 2.29. The number of benzene rings is 2. The SMILES string of the molecule is COc1cccc(Cc2nsc(N3CCN(C(=O)c4ccccc4)C(C)C3)n2)c1. The van der Waals surface area contributed by atoms with Gasteiger partial charge in [-0.25, -0.2) is 4.98 Å². The zero-order valence-corrected chi connectivity index (χ0v) is 17.4. The summed E-state index contributed by atoms with van der Waals surface area (Å²) in [5.74, 6) is 1.74. The first-order valence-electron chi connectivity index (χ1n) is 9.70. The van der Waals surface area contributed by atoms with E-state index in [1.165, 1.54) is 11.5 Å². The minimum Gasteiger partial charge on any atom is -0.497 e. The molecule has 1 atom stereocenters. The van der Waals surface area contributed by atoms with Gasteiger partial charge in [0.15, 0.2) is 0 Å². The minimum atomic E-state index is 0.0914. The van der Waals surface area contributed by atoms with Gasteiger partial charge in [-0.15, -0.1) is 0 Å². The average Bonchev–Trinajstić information content (AvgIpc) is 3.22. The molecule has 4 rings (SSSR count). The maximum Gasteiger partial charge on any atom is 0.254 e. The second-order valence-electron chi connectivity index (χ2n) is 7.18.